The van der Waals surface area contributed by atoms with Crippen LogP contribution in [0.15, 0.2) is 66.4 Å². The first-order valence-corrected chi connectivity index (χ1v) is 10.3. The number of carbonyl (C=O) groups excluding carboxylic acids is 1. The van der Waals surface area contributed by atoms with E-state index in [1.165, 1.54) is 10.9 Å². The van der Waals surface area contributed by atoms with Crippen LogP contribution in [0.25, 0.3) is 16.9 Å². The second-order valence-electron chi connectivity index (χ2n) is 6.96. The van der Waals surface area contributed by atoms with Gasteiger partial charge in [0.2, 0.25) is 5.88 Å². The Morgan fingerprint density at radius 1 is 1.22 bits per heavy atom. The second kappa shape index (κ2) is 9.73. The minimum Gasteiger partial charge on any atom is -0.478 e. The lowest BCUT2D eigenvalue weighted by Crippen LogP contribution is -2.25. The zero-order chi connectivity index (χ0) is 22.3. The molecule has 164 valence electrons. The highest BCUT2D eigenvalue weighted by Crippen LogP contribution is 2.19. The van der Waals surface area contributed by atoms with Crippen molar-refractivity contribution in [2.45, 2.75) is 19.9 Å². The van der Waals surface area contributed by atoms with Gasteiger partial charge in [-0.1, -0.05) is 0 Å². The normalized spacial score (nSPS) is 10.8. The number of hydrogen-bond acceptors (Lipinski definition) is 6. The first-order valence-electron chi connectivity index (χ1n) is 10.3. The van der Waals surface area contributed by atoms with Gasteiger partial charge in [0, 0.05) is 50.1 Å². The maximum Gasteiger partial charge on any atom is 0.280 e. The lowest BCUT2D eigenvalue weighted by atomic mass is 10.1. The number of carbonyl (C=O) groups is 1. The molecule has 1 amide bonds. The Morgan fingerprint density at radius 2 is 2.12 bits per heavy atom. The summed E-state index contributed by atoms with van der Waals surface area (Å²) in [4.78, 5) is 37.6. The number of hydrogen-bond donors (Lipinski definition) is 2. The van der Waals surface area contributed by atoms with Gasteiger partial charge in [0.25, 0.3) is 11.5 Å². The summed E-state index contributed by atoms with van der Waals surface area (Å²) in [6.07, 6.45) is 10.8. The molecule has 0 unspecified atom stereocenters. The number of aryl methyl sites for hydroxylation is 1. The quantitative estimate of drug-likeness (QED) is 0.390. The Kier molecular flexibility index (Phi) is 6.40. The molecule has 0 radical (unpaired) electrons. The summed E-state index contributed by atoms with van der Waals surface area (Å²) in [5, 5.41) is 5.78. The fourth-order valence-corrected chi connectivity index (χ4v) is 3.19. The first-order chi connectivity index (χ1) is 15.7. The van der Waals surface area contributed by atoms with Crippen LogP contribution in [-0.2, 0) is 6.54 Å². The number of H-pyrrole nitrogens is 1. The lowest BCUT2D eigenvalue weighted by Gasteiger charge is -2.06. The molecule has 0 saturated heterocycles. The van der Waals surface area contributed by atoms with Gasteiger partial charge in [-0.2, -0.15) is 0 Å². The average molecular weight is 433 g/mol. The van der Waals surface area contributed by atoms with Gasteiger partial charge >= 0.3 is 0 Å². The monoisotopic (exact) mass is 433 g/mol. The molecule has 0 fully saturated rings. The highest BCUT2D eigenvalue weighted by atomic mass is 16.5. The molecular weight excluding hydrogens is 410 g/mol. The van der Waals surface area contributed by atoms with Crippen molar-refractivity contribution >= 4 is 5.91 Å². The summed E-state index contributed by atoms with van der Waals surface area (Å²) in [5.41, 5.74) is 1.32. The van der Waals surface area contributed by atoms with Crippen LogP contribution < -0.4 is 15.6 Å². The second-order valence-corrected chi connectivity index (χ2v) is 6.96. The Balaban J connectivity index is 1.41. The molecule has 0 aliphatic carbocycles. The van der Waals surface area contributed by atoms with Gasteiger partial charge in [-0.3, -0.25) is 14.7 Å². The van der Waals surface area contributed by atoms with E-state index in [-0.39, 0.29) is 11.5 Å². The van der Waals surface area contributed by atoms with Crippen LogP contribution in [0.3, 0.4) is 0 Å². The summed E-state index contributed by atoms with van der Waals surface area (Å²) in [6.45, 7) is 3.67. The van der Waals surface area contributed by atoms with Gasteiger partial charge in [0.1, 0.15) is 0 Å². The Hall–Kier alpha value is -4.21. The third-order valence-electron chi connectivity index (χ3n) is 4.79. The summed E-state index contributed by atoms with van der Waals surface area (Å²) in [6, 6.07) is 6.72. The summed E-state index contributed by atoms with van der Waals surface area (Å²) in [5.74, 6) is 0.627. The van der Waals surface area contributed by atoms with E-state index in [4.69, 9.17) is 4.74 Å². The molecule has 0 saturated carbocycles. The van der Waals surface area contributed by atoms with Crippen LogP contribution in [0.2, 0.25) is 0 Å². The zero-order valence-electron chi connectivity index (χ0n) is 17.6. The minimum atomic E-state index is -0.261. The Bertz CT molecular complexity index is 1230. The molecule has 32 heavy (non-hydrogen) atoms. The number of rotatable bonds is 9. The van der Waals surface area contributed by atoms with Crippen molar-refractivity contribution in [2.75, 3.05) is 13.2 Å². The van der Waals surface area contributed by atoms with Crippen molar-refractivity contribution in [1.29, 1.82) is 0 Å². The molecule has 0 aliphatic rings. The lowest BCUT2D eigenvalue weighted by molar-refractivity contribution is 0.0952. The standard InChI is InChI=1S/C22H23N7O3/c1-2-32-20-12-16(6-8-24-20)18-14-27-29(22(18)31)19-5-4-17(13-26-19)21(30)25-7-3-10-28-11-9-23-15-28/h4-6,8-9,11-15,27H,2-3,7,10H2,1H3,(H,25,30). The SMILES string of the molecule is CCOc1cc(-c2c[nH]n(-c3ccc(C(=O)NCCCn4ccnc4)cn3)c2=O)ccn1. The number of nitrogens with one attached hydrogen (secondary N) is 2. The molecule has 4 heterocycles. The average Bonchev–Trinajstić information content (AvgIpc) is 3.47. The maximum absolute atomic E-state index is 12.9. The van der Waals surface area contributed by atoms with E-state index in [0.29, 0.717) is 41.5 Å². The highest BCUT2D eigenvalue weighted by Gasteiger charge is 2.13. The van der Waals surface area contributed by atoms with E-state index in [0.717, 1.165) is 13.0 Å². The van der Waals surface area contributed by atoms with Crippen LogP contribution in [-0.4, -0.2) is 48.4 Å². The summed E-state index contributed by atoms with van der Waals surface area (Å²) >= 11 is 0. The Labute approximate surface area is 183 Å². The predicted molar refractivity (Wildman–Crippen MR) is 118 cm³/mol. The third kappa shape index (κ3) is 4.75. The van der Waals surface area contributed by atoms with Gasteiger partial charge in [-0.05, 0) is 37.1 Å². The molecule has 0 atom stereocenters. The van der Waals surface area contributed by atoms with Gasteiger partial charge in [0.05, 0.1) is 24.1 Å². The van der Waals surface area contributed by atoms with Crippen molar-refractivity contribution in [3.05, 3.63) is 77.5 Å². The molecule has 2 N–H and O–H groups in total. The number of ether oxygens (including phenoxy) is 1. The predicted octanol–water partition coefficient (Wildman–Crippen LogP) is 2.04. The topological polar surface area (TPSA) is 120 Å². The maximum atomic E-state index is 12.9. The number of imidazole rings is 1. The smallest absolute Gasteiger partial charge is 0.280 e. The van der Waals surface area contributed by atoms with E-state index < -0.39 is 0 Å². The van der Waals surface area contributed by atoms with E-state index >= 15 is 0 Å². The van der Waals surface area contributed by atoms with Crippen LogP contribution in [0.1, 0.15) is 23.7 Å². The molecule has 0 spiro atoms. The van der Waals surface area contributed by atoms with Gasteiger partial charge in [-0.15, -0.1) is 0 Å². The van der Waals surface area contributed by atoms with Gasteiger partial charge in [-0.25, -0.2) is 19.6 Å². The molecule has 0 aliphatic heterocycles. The molecule has 4 aromatic rings. The van der Waals surface area contributed by atoms with Crippen molar-refractivity contribution in [2.24, 2.45) is 0 Å². The van der Waals surface area contributed by atoms with Crippen LogP contribution >= 0.6 is 0 Å². The molecule has 0 aromatic carbocycles. The van der Waals surface area contributed by atoms with Crippen molar-refractivity contribution in [3.63, 3.8) is 0 Å². The number of aromatic nitrogens is 6. The molecule has 10 nitrogen and oxygen atoms in total. The molecule has 10 heteroatoms. The largest absolute Gasteiger partial charge is 0.478 e. The van der Waals surface area contributed by atoms with E-state index in [9.17, 15) is 9.59 Å². The summed E-state index contributed by atoms with van der Waals surface area (Å²) < 4.78 is 8.68. The summed E-state index contributed by atoms with van der Waals surface area (Å²) in [7, 11) is 0. The van der Waals surface area contributed by atoms with Crippen LogP contribution in [0.5, 0.6) is 5.88 Å². The van der Waals surface area contributed by atoms with Crippen LogP contribution in [0, 0.1) is 0 Å². The number of aromatic amines is 1. The third-order valence-corrected chi connectivity index (χ3v) is 4.79. The Morgan fingerprint density at radius 3 is 2.88 bits per heavy atom. The number of pyridine rings is 2. The van der Waals surface area contributed by atoms with Crippen molar-refractivity contribution < 1.29 is 9.53 Å². The van der Waals surface area contributed by atoms with Gasteiger partial charge < -0.3 is 14.6 Å². The number of nitrogens with zero attached hydrogens (tertiary/aromatic N) is 5. The molecule has 4 rings (SSSR count). The number of amides is 1. The minimum absolute atomic E-state index is 0.213. The first kappa shape index (κ1) is 21.0. The van der Waals surface area contributed by atoms with Gasteiger partial charge in [0.15, 0.2) is 5.82 Å². The van der Waals surface area contributed by atoms with Crippen molar-refractivity contribution in [3.8, 4) is 22.8 Å². The van der Waals surface area contributed by atoms with Crippen molar-refractivity contribution in [1.82, 2.24) is 34.6 Å². The van der Waals surface area contributed by atoms with E-state index in [1.807, 2.05) is 17.7 Å². The fraction of sp³-hybridized carbons (Fsp3) is 0.227. The highest BCUT2D eigenvalue weighted by molar-refractivity contribution is 5.93. The fourth-order valence-electron chi connectivity index (χ4n) is 3.19. The van der Waals surface area contributed by atoms with Crippen LogP contribution in [0.4, 0.5) is 0 Å². The molecule has 4 aromatic heterocycles. The zero-order valence-corrected chi connectivity index (χ0v) is 17.6. The molecule has 0 bridgehead atoms. The van der Waals surface area contributed by atoms with E-state index in [2.05, 4.69) is 25.4 Å². The van der Waals surface area contributed by atoms with E-state index in [1.54, 1.807) is 49.2 Å². The molecular formula is C22H23N7O3.